The van der Waals surface area contributed by atoms with Crippen molar-refractivity contribution in [2.24, 2.45) is 28.9 Å². The minimum absolute atomic E-state index is 0.0471. The van der Waals surface area contributed by atoms with Crippen LogP contribution in [0.5, 0.6) is 0 Å². The normalized spacial score (nSPS) is 34.9. The molecule has 1 aromatic rings. The number of nitrogens with one attached hydrogen (secondary N) is 1. The fourth-order valence-electron chi connectivity index (χ4n) is 4.18. The molecule has 0 aliphatic heterocycles. The van der Waals surface area contributed by atoms with Gasteiger partial charge in [0, 0.05) is 11.4 Å². The van der Waals surface area contributed by atoms with Gasteiger partial charge in [0.25, 0.3) is 5.91 Å². The van der Waals surface area contributed by atoms with E-state index in [9.17, 15) is 4.79 Å². The molecule has 3 fully saturated rings. The number of nitrogens with zero attached hydrogens (tertiary/aromatic N) is 1. The molecule has 0 aromatic carbocycles. The van der Waals surface area contributed by atoms with Crippen molar-refractivity contribution in [2.75, 3.05) is 0 Å². The summed E-state index contributed by atoms with van der Waals surface area (Å²) in [5.74, 6) is 1.98. The zero-order valence-corrected chi connectivity index (χ0v) is 14.0. The topological polar surface area (TPSA) is 68.0 Å². The molecule has 4 nitrogen and oxygen atoms in total. The third kappa shape index (κ3) is 2.40. The monoisotopic (exact) mass is 307 g/mol. The summed E-state index contributed by atoms with van der Waals surface area (Å²) in [4.78, 5) is 16.7. The van der Waals surface area contributed by atoms with Crippen molar-refractivity contribution in [3.63, 3.8) is 0 Å². The number of amides is 1. The molecule has 3 aliphatic carbocycles. The first kappa shape index (κ1) is 15.0. The van der Waals surface area contributed by atoms with Crippen LogP contribution in [0.25, 0.3) is 0 Å². The molecular weight excluding hydrogens is 282 g/mol. The van der Waals surface area contributed by atoms with Crippen LogP contribution in [-0.4, -0.2) is 16.9 Å². The second kappa shape index (κ2) is 5.06. The third-order valence-corrected chi connectivity index (χ3v) is 6.86. The van der Waals surface area contributed by atoms with Crippen molar-refractivity contribution in [3.05, 3.63) is 16.1 Å². The Bertz CT molecular complexity index is 551. The van der Waals surface area contributed by atoms with Crippen LogP contribution < -0.4 is 11.1 Å². The van der Waals surface area contributed by atoms with Gasteiger partial charge in [0.1, 0.15) is 10.7 Å². The first-order chi connectivity index (χ1) is 9.80. The fourth-order valence-corrected chi connectivity index (χ4v) is 4.94. The van der Waals surface area contributed by atoms with Gasteiger partial charge in [-0.15, -0.1) is 11.3 Å². The largest absolute Gasteiger partial charge is 0.348 e. The molecule has 3 saturated carbocycles. The summed E-state index contributed by atoms with van der Waals surface area (Å²) in [7, 11) is 0. The maximum atomic E-state index is 12.4. The van der Waals surface area contributed by atoms with Crippen molar-refractivity contribution in [3.8, 4) is 0 Å². The number of thiazole rings is 1. The SMILES string of the molecule is CC(N)c1nc(C(=O)NC2CC3CC(C2C)C3(C)C)cs1. The predicted octanol–water partition coefficient (Wildman–Crippen LogP) is 2.96. The van der Waals surface area contributed by atoms with Gasteiger partial charge in [0.05, 0.1) is 6.04 Å². The minimum atomic E-state index is -0.112. The van der Waals surface area contributed by atoms with Gasteiger partial charge in [-0.1, -0.05) is 20.8 Å². The third-order valence-electron chi connectivity index (χ3n) is 5.81. The lowest BCUT2D eigenvalue weighted by Crippen LogP contribution is -2.60. The van der Waals surface area contributed by atoms with E-state index in [-0.39, 0.29) is 18.0 Å². The summed E-state index contributed by atoms with van der Waals surface area (Å²) >= 11 is 1.46. The first-order valence-electron chi connectivity index (χ1n) is 7.82. The van der Waals surface area contributed by atoms with Crippen molar-refractivity contribution >= 4 is 17.2 Å². The molecule has 3 N–H and O–H groups in total. The zero-order valence-electron chi connectivity index (χ0n) is 13.2. The van der Waals surface area contributed by atoms with E-state index in [2.05, 4.69) is 31.1 Å². The number of rotatable bonds is 3. The maximum absolute atomic E-state index is 12.4. The van der Waals surface area contributed by atoms with Gasteiger partial charge >= 0.3 is 0 Å². The Kier molecular flexibility index (Phi) is 3.61. The number of carbonyl (C=O) groups excluding carboxylic acids is 1. The highest BCUT2D eigenvalue weighted by Crippen LogP contribution is 2.61. The van der Waals surface area contributed by atoms with Crippen LogP contribution in [0.4, 0.5) is 0 Å². The molecular formula is C16H25N3OS. The van der Waals surface area contributed by atoms with E-state index >= 15 is 0 Å². The molecule has 0 spiro atoms. The molecule has 21 heavy (non-hydrogen) atoms. The first-order valence-corrected chi connectivity index (χ1v) is 8.70. The van der Waals surface area contributed by atoms with E-state index in [0.717, 1.165) is 23.3 Å². The highest BCUT2D eigenvalue weighted by atomic mass is 32.1. The summed E-state index contributed by atoms with van der Waals surface area (Å²) in [6, 6.07) is 0.174. The number of hydrogen-bond acceptors (Lipinski definition) is 4. The van der Waals surface area contributed by atoms with Crippen LogP contribution >= 0.6 is 11.3 Å². The van der Waals surface area contributed by atoms with Crippen LogP contribution in [0.1, 0.15) is 62.1 Å². The molecule has 5 atom stereocenters. The average molecular weight is 307 g/mol. The Labute approximate surface area is 130 Å². The lowest BCUT2D eigenvalue weighted by atomic mass is 9.45. The van der Waals surface area contributed by atoms with Gasteiger partial charge in [0.15, 0.2) is 0 Å². The lowest BCUT2D eigenvalue weighted by Gasteiger charge is -2.62. The predicted molar refractivity (Wildman–Crippen MR) is 85.1 cm³/mol. The van der Waals surface area contributed by atoms with Crippen LogP contribution in [-0.2, 0) is 0 Å². The Balaban J connectivity index is 1.66. The van der Waals surface area contributed by atoms with Crippen LogP contribution in [0.15, 0.2) is 5.38 Å². The van der Waals surface area contributed by atoms with E-state index in [0.29, 0.717) is 17.0 Å². The van der Waals surface area contributed by atoms with Gasteiger partial charge in [-0.25, -0.2) is 4.98 Å². The Morgan fingerprint density at radius 3 is 2.76 bits per heavy atom. The quantitative estimate of drug-likeness (QED) is 0.902. The van der Waals surface area contributed by atoms with Crippen molar-refractivity contribution < 1.29 is 4.79 Å². The molecule has 1 amide bonds. The summed E-state index contributed by atoms with van der Waals surface area (Å²) in [6.45, 7) is 8.91. The molecule has 4 rings (SSSR count). The highest BCUT2D eigenvalue weighted by Gasteiger charge is 2.56. The molecule has 0 saturated heterocycles. The molecule has 1 aromatic heterocycles. The molecule has 1 heterocycles. The molecule has 0 radical (unpaired) electrons. The zero-order chi connectivity index (χ0) is 15.4. The second-order valence-electron chi connectivity index (χ2n) is 7.39. The van der Waals surface area contributed by atoms with Gasteiger partial charge in [0.2, 0.25) is 0 Å². The second-order valence-corrected chi connectivity index (χ2v) is 8.28. The molecule has 2 bridgehead atoms. The number of nitrogens with two attached hydrogens (primary N) is 1. The van der Waals surface area contributed by atoms with Gasteiger partial charge in [-0.05, 0) is 42.9 Å². The molecule has 116 valence electrons. The number of fused-ring (bicyclic) bond motifs is 2. The molecule has 3 aliphatic rings. The summed E-state index contributed by atoms with van der Waals surface area (Å²) in [5, 5.41) is 5.83. The lowest BCUT2D eigenvalue weighted by molar-refractivity contribution is -0.113. The van der Waals surface area contributed by atoms with E-state index < -0.39 is 0 Å². The minimum Gasteiger partial charge on any atom is -0.348 e. The van der Waals surface area contributed by atoms with Crippen molar-refractivity contribution in [2.45, 2.75) is 52.6 Å². The maximum Gasteiger partial charge on any atom is 0.270 e. The van der Waals surface area contributed by atoms with Gasteiger partial charge in [-0.2, -0.15) is 0 Å². The summed E-state index contributed by atoms with van der Waals surface area (Å²) < 4.78 is 0. The van der Waals surface area contributed by atoms with Crippen molar-refractivity contribution in [1.29, 1.82) is 0 Å². The van der Waals surface area contributed by atoms with E-state index in [1.54, 1.807) is 0 Å². The van der Waals surface area contributed by atoms with E-state index in [1.807, 2.05) is 12.3 Å². The summed E-state index contributed by atoms with van der Waals surface area (Å²) in [6.07, 6.45) is 2.42. The molecule has 5 heteroatoms. The van der Waals surface area contributed by atoms with E-state index in [1.165, 1.54) is 17.8 Å². The van der Waals surface area contributed by atoms with Gasteiger partial charge < -0.3 is 11.1 Å². The Hall–Kier alpha value is -0.940. The van der Waals surface area contributed by atoms with Crippen LogP contribution in [0, 0.1) is 23.2 Å². The highest BCUT2D eigenvalue weighted by molar-refractivity contribution is 7.09. The number of carbonyl (C=O) groups is 1. The van der Waals surface area contributed by atoms with Gasteiger partial charge in [-0.3, -0.25) is 4.79 Å². The standard InChI is InChI=1S/C16H25N3OS/c1-8-11-5-10(16(11,3)4)6-12(8)18-14(20)13-7-21-15(19-13)9(2)17/h7-12H,5-6,17H2,1-4H3,(H,18,20). The van der Waals surface area contributed by atoms with E-state index in [4.69, 9.17) is 5.73 Å². The van der Waals surface area contributed by atoms with Crippen LogP contribution in [0.2, 0.25) is 0 Å². The number of aromatic nitrogens is 1. The summed E-state index contributed by atoms with van der Waals surface area (Å²) in [5.41, 5.74) is 6.76. The van der Waals surface area contributed by atoms with Crippen LogP contribution in [0.3, 0.4) is 0 Å². The fraction of sp³-hybridized carbons (Fsp3) is 0.750. The average Bonchev–Trinajstić information content (AvgIpc) is 2.90. The molecule has 5 unspecified atom stereocenters. The Morgan fingerprint density at radius 1 is 1.52 bits per heavy atom. The Morgan fingerprint density at radius 2 is 2.24 bits per heavy atom. The smallest absolute Gasteiger partial charge is 0.270 e. The number of hydrogen-bond donors (Lipinski definition) is 2. The van der Waals surface area contributed by atoms with Crippen molar-refractivity contribution in [1.82, 2.24) is 10.3 Å².